The number of hydrogen-bond donors (Lipinski definition) is 0. The fourth-order valence-electron chi connectivity index (χ4n) is 3.72. The van der Waals surface area contributed by atoms with Crippen molar-refractivity contribution in [3.63, 3.8) is 0 Å². The molecule has 148 valence electrons. The molecule has 0 unspecified atom stereocenters. The molecule has 5 rings (SSSR count). The van der Waals surface area contributed by atoms with E-state index in [-0.39, 0.29) is 0 Å². The zero-order valence-electron chi connectivity index (χ0n) is 16.1. The highest BCUT2D eigenvalue weighted by molar-refractivity contribution is 5.39. The lowest BCUT2D eigenvalue weighted by Crippen LogP contribution is -2.33. The van der Waals surface area contributed by atoms with Gasteiger partial charge in [-0.3, -0.25) is 4.90 Å². The number of methoxy groups -OCH3 is 1. The van der Waals surface area contributed by atoms with Crippen molar-refractivity contribution in [2.24, 2.45) is 0 Å². The van der Waals surface area contributed by atoms with Gasteiger partial charge in [0, 0.05) is 31.1 Å². The number of aromatic nitrogens is 8. The van der Waals surface area contributed by atoms with E-state index in [1.807, 2.05) is 35.0 Å². The molecule has 0 N–H and O–H groups in total. The summed E-state index contributed by atoms with van der Waals surface area (Å²) in [6.07, 6.45) is 7.34. The van der Waals surface area contributed by atoms with Gasteiger partial charge >= 0.3 is 6.01 Å². The molecule has 5 heterocycles. The fourth-order valence-corrected chi connectivity index (χ4v) is 3.72. The topological polar surface area (TPSA) is 99.2 Å². The molecule has 0 atom stereocenters. The Morgan fingerprint density at radius 1 is 1.10 bits per heavy atom. The van der Waals surface area contributed by atoms with Gasteiger partial charge in [0.25, 0.3) is 0 Å². The average Bonchev–Trinajstić information content (AvgIpc) is 3.44. The van der Waals surface area contributed by atoms with Crippen LogP contribution in [-0.4, -0.2) is 64.7 Å². The molecule has 0 bridgehead atoms. The van der Waals surface area contributed by atoms with E-state index >= 15 is 0 Å². The predicted octanol–water partition coefficient (Wildman–Crippen LogP) is 1.49. The summed E-state index contributed by atoms with van der Waals surface area (Å²) in [4.78, 5) is 10.9. The summed E-state index contributed by atoms with van der Waals surface area (Å²) in [5.74, 6) is 1.98. The van der Waals surface area contributed by atoms with Crippen molar-refractivity contribution in [1.29, 1.82) is 0 Å². The molecule has 0 aromatic carbocycles. The number of ether oxygens (including phenoxy) is 1. The summed E-state index contributed by atoms with van der Waals surface area (Å²) in [7, 11) is 1.58. The van der Waals surface area contributed by atoms with E-state index in [2.05, 4.69) is 30.2 Å². The first-order valence-corrected chi connectivity index (χ1v) is 9.61. The summed E-state index contributed by atoms with van der Waals surface area (Å²) in [6.45, 7) is 2.71. The lowest BCUT2D eigenvalue weighted by atomic mass is 9.96. The second kappa shape index (κ2) is 7.55. The second-order valence-electron chi connectivity index (χ2n) is 7.06. The Hall–Kier alpha value is -3.40. The zero-order chi connectivity index (χ0) is 19.6. The van der Waals surface area contributed by atoms with Crippen LogP contribution in [0.5, 0.6) is 6.01 Å². The van der Waals surface area contributed by atoms with E-state index in [9.17, 15) is 0 Å². The van der Waals surface area contributed by atoms with Crippen molar-refractivity contribution in [3.05, 3.63) is 54.4 Å². The van der Waals surface area contributed by atoms with Crippen LogP contribution >= 0.6 is 0 Å². The van der Waals surface area contributed by atoms with Crippen LogP contribution in [0.2, 0.25) is 0 Å². The van der Waals surface area contributed by atoms with Crippen LogP contribution in [-0.2, 0) is 6.54 Å². The third-order valence-corrected chi connectivity index (χ3v) is 5.22. The van der Waals surface area contributed by atoms with Gasteiger partial charge in [0.05, 0.1) is 12.8 Å². The molecule has 0 saturated carbocycles. The number of likely N-dealkylation sites (tertiary alicyclic amines) is 1. The Morgan fingerprint density at radius 3 is 2.79 bits per heavy atom. The van der Waals surface area contributed by atoms with E-state index < -0.39 is 0 Å². The van der Waals surface area contributed by atoms with Crippen LogP contribution in [0, 0.1) is 0 Å². The van der Waals surface area contributed by atoms with Gasteiger partial charge in [-0.1, -0.05) is 0 Å². The number of piperidine rings is 1. The molecule has 10 nitrogen and oxygen atoms in total. The normalized spacial score (nSPS) is 15.8. The Labute approximate surface area is 167 Å². The summed E-state index contributed by atoms with van der Waals surface area (Å²) >= 11 is 0. The van der Waals surface area contributed by atoms with Crippen molar-refractivity contribution in [2.45, 2.75) is 25.3 Å². The number of nitrogens with zero attached hydrogens (tertiary/aromatic N) is 9. The van der Waals surface area contributed by atoms with Gasteiger partial charge in [-0.05, 0) is 50.2 Å². The first-order valence-electron chi connectivity index (χ1n) is 9.61. The smallest absolute Gasteiger partial charge is 0.316 e. The highest BCUT2D eigenvalue weighted by Gasteiger charge is 2.25. The first kappa shape index (κ1) is 17.7. The average molecular weight is 391 g/mol. The molecule has 0 amide bonds. The highest BCUT2D eigenvalue weighted by atomic mass is 16.5. The Bertz CT molecular complexity index is 1100. The first-order chi connectivity index (χ1) is 14.3. The van der Waals surface area contributed by atoms with Gasteiger partial charge < -0.3 is 4.74 Å². The second-order valence-corrected chi connectivity index (χ2v) is 7.06. The van der Waals surface area contributed by atoms with E-state index in [0.717, 1.165) is 55.5 Å². The van der Waals surface area contributed by atoms with Crippen molar-refractivity contribution < 1.29 is 4.74 Å². The maximum atomic E-state index is 5.12. The molecule has 1 aliphatic heterocycles. The summed E-state index contributed by atoms with van der Waals surface area (Å²) < 4.78 is 8.71. The van der Waals surface area contributed by atoms with E-state index in [1.54, 1.807) is 24.2 Å². The minimum Gasteiger partial charge on any atom is -0.467 e. The largest absolute Gasteiger partial charge is 0.467 e. The Morgan fingerprint density at radius 2 is 2.00 bits per heavy atom. The van der Waals surface area contributed by atoms with E-state index in [0.29, 0.717) is 11.9 Å². The SMILES string of the molecule is COc1nccc(CN2CCC(c3nnc4ccc(-n5cccn5)nn34)CC2)n1. The minimum absolute atomic E-state index is 0.321. The van der Waals surface area contributed by atoms with Crippen molar-refractivity contribution >= 4 is 5.65 Å². The van der Waals surface area contributed by atoms with Gasteiger partial charge in [-0.25, -0.2) is 9.67 Å². The molecule has 1 fully saturated rings. The summed E-state index contributed by atoms with van der Waals surface area (Å²) in [5.41, 5.74) is 1.72. The van der Waals surface area contributed by atoms with Crippen molar-refractivity contribution in [1.82, 2.24) is 44.5 Å². The zero-order valence-corrected chi connectivity index (χ0v) is 16.1. The minimum atomic E-state index is 0.321. The quantitative estimate of drug-likeness (QED) is 0.505. The molecule has 1 saturated heterocycles. The van der Waals surface area contributed by atoms with E-state index in [4.69, 9.17) is 9.84 Å². The molecule has 0 aliphatic carbocycles. The molecular formula is C19H21N9O. The fraction of sp³-hybridized carbons (Fsp3) is 0.368. The maximum absolute atomic E-state index is 5.12. The molecule has 29 heavy (non-hydrogen) atoms. The molecule has 10 heteroatoms. The van der Waals surface area contributed by atoms with Crippen LogP contribution in [0.1, 0.15) is 30.3 Å². The summed E-state index contributed by atoms with van der Waals surface area (Å²) in [5, 5.41) is 17.7. The van der Waals surface area contributed by atoms with Crippen molar-refractivity contribution in [2.75, 3.05) is 20.2 Å². The molecule has 0 radical (unpaired) electrons. The van der Waals surface area contributed by atoms with Crippen LogP contribution in [0.15, 0.2) is 42.9 Å². The van der Waals surface area contributed by atoms with Crippen LogP contribution in [0.4, 0.5) is 0 Å². The molecule has 4 aromatic heterocycles. The summed E-state index contributed by atoms with van der Waals surface area (Å²) in [6, 6.07) is 8.05. The van der Waals surface area contributed by atoms with Gasteiger partial charge in [-0.15, -0.1) is 15.3 Å². The third-order valence-electron chi connectivity index (χ3n) is 5.22. The molecule has 1 aliphatic rings. The highest BCUT2D eigenvalue weighted by Crippen LogP contribution is 2.27. The molecular weight excluding hydrogens is 370 g/mol. The molecule has 4 aromatic rings. The maximum Gasteiger partial charge on any atom is 0.316 e. The number of fused-ring (bicyclic) bond motifs is 1. The van der Waals surface area contributed by atoms with Gasteiger partial charge in [0.2, 0.25) is 0 Å². The number of rotatable bonds is 5. The van der Waals surface area contributed by atoms with E-state index in [1.165, 1.54) is 0 Å². The Balaban J connectivity index is 1.30. The standard InChI is InChI=1S/C19H21N9O/c1-29-19-20-9-5-15(22-19)13-26-11-6-14(7-12-26)18-24-23-16-3-4-17(25-28(16)18)27-10-2-8-21-27/h2-5,8-10,14H,6-7,11-13H2,1H3. The van der Waals surface area contributed by atoms with Crippen LogP contribution < -0.4 is 4.74 Å². The molecule has 0 spiro atoms. The third kappa shape index (κ3) is 3.54. The predicted molar refractivity (Wildman–Crippen MR) is 104 cm³/mol. The lowest BCUT2D eigenvalue weighted by molar-refractivity contribution is 0.198. The lowest BCUT2D eigenvalue weighted by Gasteiger charge is -2.30. The van der Waals surface area contributed by atoms with Gasteiger partial charge in [-0.2, -0.15) is 14.6 Å². The monoisotopic (exact) mass is 391 g/mol. The Kier molecular flexibility index (Phi) is 4.60. The van der Waals surface area contributed by atoms with Crippen LogP contribution in [0.25, 0.3) is 11.5 Å². The van der Waals surface area contributed by atoms with Crippen molar-refractivity contribution in [3.8, 4) is 11.8 Å². The van der Waals surface area contributed by atoms with Gasteiger partial charge in [0.15, 0.2) is 17.3 Å². The van der Waals surface area contributed by atoms with Gasteiger partial charge in [0.1, 0.15) is 0 Å². The number of hydrogen-bond acceptors (Lipinski definition) is 8. The van der Waals surface area contributed by atoms with Crippen LogP contribution in [0.3, 0.4) is 0 Å².